The van der Waals surface area contributed by atoms with Crippen LogP contribution in [0.3, 0.4) is 0 Å². The fourth-order valence-electron chi connectivity index (χ4n) is 2.63. The van der Waals surface area contributed by atoms with Crippen molar-refractivity contribution in [3.05, 3.63) is 65.7 Å². The highest BCUT2D eigenvalue weighted by Gasteiger charge is 2.22. The minimum atomic E-state index is 0.355. The highest BCUT2D eigenvalue weighted by Crippen LogP contribution is 2.32. The molecule has 2 aromatic rings. The maximum Gasteiger partial charge on any atom is 0.102 e. The Hall–Kier alpha value is -2.09. The Morgan fingerprint density at radius 2 is 1.68 bits per heavy atom. The van der Waals surface area contributed by atoms with Crippen molar-refractivity contribution in [1.29, 1.82) is 0 Å². The van der Waals surface area contributed by atoms with Crippen molar-refractivity contribution in [2.45, 2.75) is 19.4 Å². The average molecular weight is 250 g/mol. The molecule has 0 aliphatic carbocycles. The Kier molecular flexibility index (Phi) is 3.08. The third kappa shape index (κ3) is 2.26. The molecule has 1 aliphatic rings. The summed E-state index contributed by atoms with van der Waals surface area (Å²) in [5.41, 5.74) is 3.77. The Labute approximate surface area is 114 Å². The molecule has 0 N–H and O–H groups in total. The van der Waals surface area contributed by atoms with Crippen molar-refractivity contribution >= 4 is 11.5 Å². The van der Waals surface area contributed by atoms with Gasteiger partial charge in [-0.15, -0.1) is 0 Å². The molecule has 1 atom stereocenters. The number of aliphatic imine (C=N–C) groups is 1. The van der Waals surface area contributed by atoms with E-state index in [1.54, 1.807) is 0 Å². The number of para-hydroxylation sites is 1. The van der Waals surface area contributed by atoms with Gasteiger partial charge in [0.25, 0.3) is 0 Å². The fraction of sp³-hybridized carbons (Fsp3) is 0.235. The average Bonchev–Trinajstić information content (AvgIpc) is 2.58. The number of hydrogen-bond acceptors (Lipinski definition) is 2. The van der Waals surface area contributed by atoms with Crippen molar-refractivity contribution in [3.8, 4) is 0 Å². The summed E-state index contributed by atoms with van der Waals surface area (Å²) < 4.78 is 0. The van der Waals surface area contributed by atoms with E-state index in [1.165, 1.54) is 11.1 Å². The van der Waals surface area contributed by atoms with Gasteiger partial charge in [0.2, 0.25) is 0 Å². The monoisotopic (exact) mass is 250 g/mol. The maximum atomic E-state index is 4.74. The molecule has 1 heterocycles. The zero-order valence-electron chi connectivity index (χ0n) is 11.4. The number of likely N-dealkylation sites (N-methyl/N-ethyl adjacent to an activating group) is 1. The van der Waals surface area contributed by atoms with Crippen LogP contribution in [-0.2, 0) is 6.42 Å². The van der Waals surface area contributed by atoms with Crippen molar-refractivity contribution < 1.29 is 0 Å². The topological polar surface area (TPSA) is 15.6 Å². The van der Waals surface area contributed by atoms with E-state index < -0.39 is 0 Å². The zero-order valence-corrected chi connectivity index (χ0v) is 11.4. The highest BCUT2D eigenvalue weighted by molar-refractivity contribution is 5.84. The molecule has 0 radical (unpaired) electrons. The highest BCUT2D eigenvalue weighted by atomic mass is 15.2. The maximum absolute atomic E-state index is 4.74. The van der Waals surface area contributed by atoms with Crippen LogP contribution in [0.15, 0.2) is 59.6 Å². The fourth-order valence-corrected chi connectivity index (χ4v) is 2.63. The van der Waals surface area contributed by atoms with Gasteiger partial charge in [-0.3, -0.25) is 0 Å². The van der Waals surface area contributed by atoms with Crippen LogP contribution in [0.2, 0.25) is 0 Å². The summed E-state index contributed by atoms with van der Waals surface area (Å²) in [5, 5.41) is 0. The molecule has 96 valence electrons. The lowest BCUT2D eigenvalue weighted by atomic mass is 9.97. The van der Waals surface area contributed by atoms with E-state index in [4.69, 9.17) is 4.99 Å². The van der Waals surface area contributed by atoms with Gasteiger partial charge in [0.15, 0.2) is 0 Å². The third-order valence-corrected chi connectivity index (χ3v) is 3.85. The zero-order chi connectivity index (χ0) is 13.2. The van der Waals surface area contributed by atoms with Crippen LogP contribution in [0.1, 0.15) is 24.1 Å². The smallest absolute Gasteiger partial charge is 0.102 e. The lowest BCUT2D eigenvalue weighted by Gasteiger charge is -2.28. The number of hydrogen-bond donors (Lipinski definition) is 0. The van der Waals surface area contributed by atoms with Crippen LogP contribution < -0.4 is 0 Å². The predicted molar refractivity (Wildman–Crippen MR) is 79.9 cm³/mol. The number of nitrogens with zero attached hydrogens (tertiary/aromatic N) is 2. The molecule has 1 aliphatic heterocycles. The second kappa shape index (κ2) is 4.88. The second-order valence-corrected chi connectivity index (χ2v) is 5.03. The molecule has 0 aromatic heterocycles. The van der Waals surface area contributed by atoms with Crippen LogP contribution in [0.5, 0.6) is 0 Å². The van der Waals surface area contributed by atoms with Gasteiger partial charge in [0.1, 0.15) is 5.84 Å². The molecule has 0 saturated carbocycles. The van der Waals surface area contributed by atoms with E-state index in [0.717, 1.165) is 17.9 Å². The predicted octanol–water partition coefficient (Wildman–Crippen LogP) is 3.97. The summed E-state index contributed by atoms with van der Waals surface area (Å²) in [4.78, 5) is 7.01. The summed E-state index contributed by atoms with van der Waals surface area (Å²) in [6.07, 6.45) is 0.998. The quantitative estimate of drug-likeness (QED) is 0.748. The van der Waals surface area contributed by atoms with E-state index in [2.05, 4.69) is 73.5 Å². The van der Waals surface area contributed by atoms with Gasteiger partial charge in [-0.1, -0.05) is 48.5 Å². The molecule has 2 aromatic carbocycles. The largest absolute Gasteiger partial charge is 0.356 e. The summed E-state index contributed by atoms with van der Waals surface area (Å²) in [6.45, 7) is 2.08. The molecule has 2 heteroatoms. The summed E-state index contributed by atoms with van der Waals surface area (Å²) in [7, 11) is 2.13. The van der Waals surface area contributed by atoms with Crippen molar-refractivity contribution in [2.75, 3.05) is 7.05 Å². The van der Waals surface area contributed by atoms with Crippen molar-refractivity contribution in [2.24, 2.45) is 4.99 Å². The van der Waals surface area contributed by atoms with Gasteiger partial charge in [-0.2, -0.15) is 0 Å². The molecule has 0 bridgehead atoms. The molecular weight excluding hydrogens is 232 g/mol. The molecule has 0 fully saturated rings. The molecule has 19 heavy (non-hydrogen) atoms. The summed E-state index contributed by atoms with van der Waals surface area (Å²) in [5.74, 6) is 1.07. The third-order valence-electron chi connectivity index (χ3n) is 3.85. The van der Waals surface area contributed by atoms with E-state index >= 15 is 0 Å². The van der Waals surface area contributed by atoms with Gasteiger partial charge < -0.3 is 4.90 Å². The van der Waals surface area contributed by atoms with Crippen LogP contribution in [0.4, 0.5) is 5.69 Å². The van der Waals surface area contributed by atoms with Gasteiger partial charge >= 0.3 is 0 Å². The van der Waals surface area contributed by atoms with Gasteiger partial charge in [0.05, 0.1) is 11.7 Å². The lowest BCUT2D eigenvalue weighted by molar-refractivity contribution is 0.374. The van der Waals surface area contributed by atoms with Crippen molar-refractivity contribution in [1.82, 2.24) is 4.90 Å². The molecular formula is C17H18N2. The Balaban J connectivity index is 2.06. The lowest BCUT2D eigenvalue weighted by Crippen LogP contribution is -2.29. The van der Waals surface area contributed by atoms with Gasteiger partial charge in [-0.25, -0.2) is 4.99 Å². The number of amidine groups is 1. The number of rotatable bonds is 1. The molecule has 0 amide bonds. The van der Waals surface area contributed by atoms with E-state index in [0.29, 0.717) is 6.04 Å². The first-order valence-electron chi connectivity index (χ1n) is 6.66. The van der Waals surface area contributed by atoms with E-state index in [1.807, 2.05) is 0 Å². The molecule has 2 nitrogen and oxygen atoms in total. The van der Waals surface area contributed by atoms with E-state index in [9.17, 15) is 0 Å². The number of benzene rings is 2. The summed E-state index contributed by atoms with van der Waals surface area (Å²) >= 11 is 0. The van der Waals surface area contributed by atoms with Crippen LogP contribution in [0, 0.1) is 0 Å². The van der Waals surface area contributed by atoms with E-state index in [-0.39, 0.29) is 0 Å². The number of fused-ring (bicyclic) bond motifs is 1. The SMILES string of the molecule is CC1=Nc2ccccc2C[C@@H](c2ccccc2)N1C. The first kappa shape index (κ1) is 12.0. The molecule has 0 unspecified atom stereocenters. The Bertz CT molecular complexity index is 602. The Morgan fingerprint density at radius 1 is 1.00 bits per heavy atom. The van der Waals surface area contributed by atoms with Crippen LogP contribution >= 0.6 is 0 Å². The minimum Gasteiger partial charge on any atom is -0.356 e. The first-order chi connectivity index (χ1) is 9.25. The normalized spacial score (nSPS) is 18.5. The van der Waals surface area contributed by atoms with Crippen LogP contribution in [0.25, 0.3) is 0 Å². The Morgan fingerprint density at radius 3 is 2.47 bits per heavy atom. The minimum absolute atomic E-state index is 0.355. The van der Waals surface area contributed by atoms with Gasteiger partial charge in [-0.05, 0) is 30.5 Å². The molecule has 0 saturated heterocycles. The summed E-state index contributed by atoms with van der Waals surface area (Å²) in [6, 6.07) is 19.4. The van der Waals surface area contributed by atoms with Crippen molar-refractivity contribution in [3.63, 3.8) is 0 Å². The van der Waals surface area contributed by atoms with Gasteiger partial charge in [0, 0.05) is 7.05 Å². The molecule has 3 rings (SSSR count). The van der Waals surface area contributed by atoms with Crippen LogP contribution in [-0.4, -0.2) is 17.8 Å². The molecule has 0 spiro atoms. The first-order valence-corrected chi connectivity index (χ1v) is 6.66. The second-order valence-electron chi connectivity index (χ2n) is 5.03. The standard InChI is InChI=1S/C17H18N2/c1-13-18-16-11-7-6-10-15(16)12-17(19(13)2)14-8-4-3-5-9-14/h3-11,17H,12H2,1-2H3/t17-/m0/s1.